The second-order valence-corrected chi connectivity index (χ2v) is 3.47. The number of non-ortho nitro benzene ring substituents is 1. The third-order valence-corrected chi connectivity index (χ3v) is 2.44. The van der Waals surface area contributed by atoms with Crippen LogP contribution in [0.1, 0.15) is 0 Å². The maximum atomic E-state index is 10.7. The van der Waals surface area contributed by atoms with Crippen LogP contribution >= 0.6 is 0 Å². The minimum Gasteiger partial charge on any atom is -0.361 e. The molecule has 0 unspecified atom stereocenters. The molecule has 0 fully saturated rings. The first-order valence-electron chi connectivity index (χ1n) is 4.73. The largest absolute Gasteiger partial charge is 0.361 e. The van der Waals surface area contributed by atoms with Crippen molar-refractivity contribution < 1.29 is 14.5 Å². The Bertz CT molecular complexity index is 802. The van der Waals surface area contributed by atoms with Gasteiger partial charge >= 0.3 is 0 Å². The minimum atomic E-state index is -0.632. The van der Waals surface area contributed by atoms with E-state index in [-0.39, 0.29) is 11.5 Å². The predicted molar refractivity (Wildman–Crippen MR) is 55.0 cm³/mol. The third-order valence-electron chi connectivity index (χ3n) is 2.44. The van der Waals surface area contributed by atoms with E-state index in [9.17, 15) is 20.2 Å². The highest BCUT2D eigenvalue weighted by molar-refractivity contribution is 5.73. The molecule has 0 saturated carbocycles. The van der Waals surface area contributed by atoms with Crippen molar-refractivity contribution in [3.8, 4) is 0 Å². The lowest BCUT2D eigenvalue weighted by atomic mass is 10.3. The van der Waals surface area contributed by atoms with Crippen LogP contribution in [0, 0.1) is 20.2 Å². The van der Waals surface area contributed by atoms with E-state index in [1.165, 1.54) is 18.2 Å². The average Bonchev–Trinajstić information content (AvgIpc) is 2.85. The molecule has 0 atom stereocenters. The van der Waals surface area contributed by atoms with Gasteiger partial charge in [0.1, 0.15) is 0 Å². The summed E-state index contributed by atoms with van der Waals surface area (Å²) in [6.45, 7) is 0. The van der Waals surface area contributed by atoms with Crippen molar-refractivity contribution in [1.82, 2.24) is 14.8 Å². The summed E-state index contributed by atoms with van der Waals surface area (Å²) >= 11 is 0. The Hall–Kier alpha value is -3.04. The lowest BCUT2D eigenvalue weighted by molar-refractivity contribution is -0.662. The first-order chi connectivity index (χ1) is 8.58. The number of nitro benzene ring substituents is 1. The molecule has 2 heterocycles. The molecule has 90 valence electrons. The molecule has 0 aliphatic rings. The zero-order chi connectivity index (χ0) is 12.9. The lowest BCUT2D eigenvalue weighted by Gasteiger charge is -1.92. The van der Waals surface area contributed by atoms with Gasteiger partial charge in [-0.2, -0.15) is 4.63 Å². The van der Waals surface area contributed by atoms with Crippen molar-refractivity contribution in [3.63, 3.8) is 0 Å². The molecule has 0 amide bonds. The van der Waals surface area contributed by atoms with Crippen LogP contribution in [0.15, 0.2) is 24.4 Å². The summed E-state index contributed by atoms with van der Waals surface area (Å²) in [5.74, 6) is -0.311. The van der Waals surface area contributed by atoms with Crippen molar-refractivity contribution >= 4 is 22.5 Å². The summed E-state index contributed by atoms with van der Waals surface area (Å²) in [4.78, 5) is 20.2. The van der Waals surface area contributed by atoms with Crippen LogP contribution in [0.4, 0.5) is 11.5 Å². The van der Waals surface area contributed by atoms with Crippen LogP contribution in [-0.4, -0.2) is 19.6 Å². The van der Waals surface area contributed by atoms with Crippen LogP contribution in [-0.2, 0) is 0 Å². The summed E-state index contributed by atoms with van der Waals surface area (Å²) in [5.41, 5.74) is 0.588. The minimum absolute atomic E-state index is 0.129. The van der Waals surface area contributed by atoms with E-state index in [4.69, 9.17) is 0 Å². The lowest BCUT2D eigenvalue weighted by Crippen LogP contribution is -2.30. The SMILES string of the molecule is O=[N+]([O-])c1ccc2nn3c([N+](=O)[O-])c[n-][n+]3c2c1. The fourth-order valence-corrected chi connectivity index (χ4v) is 1.65. The molecule has 0 spiro atoms. The molecular formula is C8H4N6O4. The molecule has 0 bridgehead atoms. The monoisotopic (exact) mass is 248 g/mol. The topological polar surface area (TPSA) is 122 Å². The summed E-state index contributed by atoms with van der Waals surface area (Å²) in [7, 11) is 0. The second-order valence-electron chi connectivity index (χ2n) is 3.47. The first kappa shape index (κ1) is 10.1. The number of aromatic nitrogens is 4. The van der Waals surface area contributed by atoms with Gasteiger partial charge in [-0.3, -0.25) is 15.2 Å². The zero-order valence-electron chi connectivity index (χ0n) is 8.63. The number of hydrogen-bond donors (Lipinski definition) is 0. The Morgan fingerprint density at radius 1 is 1.28 bits per heavy atom. The zero-order valence-corrected chi connectivity index (χ0v) is 8.63. The Labute approximate surface area is 97.3 Å². The maximum Gasteiger partial charge on any atom is 0.274 e. The van der Waals surface area contributed by atoms with E-state index in [0.29, 0.717) is 11.0 Å². The molecule has 1 aromatic carbocycles. The molecule has 0 N–H and O–H groups in total. The van der Waals surface area contributed by atoms with Crippen LogP contribution in [0.2, 0.25) is 0 Å². The van der Waals surface area contributed by atoms with E-state index in [2.05, 4.69) is 10.2 Å². The van der Waals surface area contributed by atoms with Gasteiger partial charge in [0.25, 0.3) is 5.69 Å². The number of fused-ring (bicyclic) bond motifs is 3. The van der Waals surface area contributed by atoms with Crippen molar-refractivity contribution in [2.75, 3.05) is 0 Å². The van der Waals surface area contributed by atoms with Gasteiger partial charge in [-0.25, -0.2) is 0 Å². The standard InChI is InChI=1S/C8H4N6O4/c15-13(16)5-1-2-6-7(3-5)11-9-4-8(14(17)18)12(11)10-6/h1-4H. The molecular weight excluding hydrogens is 244 g/mol. The molecule has 0 radical (unpaired) electrons. The number of rotatable bonds is 2. The van der Waals surface area contributed by atoms with Gasteiger partial charge in [-0.05, 0) is 5.10 Å². The summed E-state index contributed by atoms with van der Waals surface area (Å²) in [6.07, 6.45) is 1.03. The summed E-state index contributed by atoms with van der Waals surface area (Å²) in [6, 6.07) is 3.96. The van der Waals surface area contributed by atoms with Crippen LogP contribution < -0.4 is 9.73 Å². The highest BCUT2D eigenvalue weighted by Crippen LogP contribution is 2.17. The van der Waals surface area contributed by atoms with Crippen molar-refractivity contribution in [2.45, 2.75) is 0 Å². The van der Waals surface area contributed by atoms with Crippen LogP contribution in [0.25, 0.3) is 11.0 Å². The maximum absolute atomic E-state index is 10.7. The van der Waals surface area contributed by atoms with Crippen molar-refractivity contribution in [2.24, 2.45) is 0 Å². The van der Waals surface area contributed by atoms with Gasteiger partial charge in [-0.1, -0.05) is 9.55 Å². The number of nitrogens with zero attached hydrogens (tertiary/aromatic N) is 6. The van der Waals surface area contributed by atoms with Crippen molar-refractivity contribution in [3.05, 3.63) is 44.6 Å². The molecule has 10 heteroatoms. The Balaban J connectivity index is 2.38. The fourth-order valence-electron chi connectivity index (χ4n) is 1.65. The van der Waals surface area contributed by atoms with Gasteiger partial charge in [0, 0.05) is 18.3 Å². The molecule has 3 rings (SSSR count). The van der Waals surface area contributed by atoms with Gasteiger partial charge in [-0.15, -0.1) is 0 Å². The van der Waals surface area contributed by atoms with E-state index < -0.39 is 9.85 Å². The first-order valence-corrected chi connectivity index (χ1v) is 4.73. The molecule has 10 nitrogen and oxygen atoms in total. The van der Waals surface area contributed by atoms with E-state index in [1.807, 2.05) is 0 Å². The quantitative estimate of drug-likeness (QED) is 0.353. The van der Waals surface area contributed by atoms with E-state index >= 15 is 0 Å². The smallest absolute Gasteiger partial charge is 0.274 e. The van der Waals surface area contributed by atoms with E-state index in [1.54, 1.807) is 0 Å². The molecule has 3 aromatic rings. The normalized spacial score (nSPS) is 11.1. The Kier molecular flexibility index (Phi) is 1.82. The Morgan fingerprint density at radius 3 is 2.72 bits per heavy atom. The molecule has 2 aromatic heterocycles. The molecule has 18 heavy (non-hydrogen) atoms. The number of nitro groups is 2. The Morgan fingerprint density at radius 2 is 2.06 bits per heavy atom. The molecule has 0 aliphatic carbocycles. The van der Waals surface area contributed by atoms with E-state index in [0.717, 1.165) is 15.5 Å². The van der Waals surface area contributed by atoms with Crippen LogP contribution in [0.5, 0.6) is 0 Å². The number of hydrogen-bond acceptors (Lipinski definition) is 5. The third kappa shape index (κ3) is 1.22. The summed E-state index contributed by atoms with van der Waals surface area (Å²) < 4.78 is 2.12. The van der Waals surface area contributed by atoms with Gasteiger partial charge < -0.3 is 10.1 Å². The number of benzene rings is 1. The predicted octanol–water partition coefficient (Wildman–Crippen LogP) is -0.153. The average molecular weight is 248 g/mol. The second kappa shape index (κ2) is 3.23. The molecule has 0 aliphatic heterocycles. The summed E-state index contributed by atoms with van der Waals surface area (Å²) in [5, 5.41) is 29.1. The highest BCUT2D eigenvalue weighted by atomic mass is 16.6. The van der Waals surface area contributed by atoms with Gasteiger partial charge in [0.05, 0.1) is 11.0 Å². The highest BCUT2D eigenvalue weighted by Gasteiger charge is 2.17. The fraction of sp³-hybridized carbons (Fsp3) is 0. The van der Waals surface area contributed by atoms with Gasteiger partial charge in [0.15, 0.2) is 5.52 Å². The van der Waals surface area contributed by atoms with Crippen molar-refractivity contribution in [1.29, 1.82) is 0 Å². The molecule has 0 saturated heterocycles. The van der Waals surface area contributed by atoms with Crippen LogP contribution in [0.3, 0.4) is 0 Å². The van der Waals surface area contributed by atoms with Gasteiger partial charge in [0.2, 0.25) is 11.3 Å².